The standard InChI is InChI=1S/C12H17FN2O2/c1-9-3-4-10(13)7-11(9)15-12(16)8-14-5-6-17-2/h3-4,7,14H,5-6,8H2,1-2H3,(H,15,16). The molecule has 0 heterocycles. The highest BCUT2D eigenvalue weighted by Crippen LogP contribution is 2.15. The summed E-state index contributed by atoms with van der Waals surface area (Å²) in [6.07, 6.45) is 0. The van der Waals surface area contributed by atoms with Gasteiger partial charge in [0.05, 0.1) is 13.2 Å². The van der Waals surface area contributed by atoms with E-state index in [1.165, 1.54) is 12.1 Å². The van der Waals surface area contributed by atoms with Gasteiger partial charge in [0.1, 0.15) is 5.82 Å². The Morgan fingerprint density at radius 1 is 1.47 bits per heavy atom. The molecule has 1 amide bonds. The summed E-state index contributed by atoms with van der Waals surface area (Å²) < 4.78 is 17.8. The number of carbonyl (C=O) groups excluding carboxylic acids is 1. The molecule has 0 aliphatic rings. The first-order valence-corrected chi connectivity index (χ1v) is 5.39. The Labute approximate surface area is 100 Å². The monoisotopic (exact) mass is 240 g/mol. The SMILES string of the molecule is COCCNCC(=O)Nc1cc(F)ccc1C. The van der Waals surface area contributed by atoms with E-state index in [-0.39, 0.29) is 18.3 Å². The van der Waals surface area contributed by atoms with Gasteiger partial charge < -0.3 is 15.4 Å². The number of hydrogen-bond acceptors (Lipinski definition) is 3. The topological polar surface area (TPSA) is 50.4 Å². The predicted octanol–water partition coefficient (Wildman–Crippen LogP) is 1.31. The van der Waals surface area contributed by atoms with Crippen molar-refractivity contribution < 1.29 is 13.9 Å². The number of amides is 1. The van der Waals surface area contributed by atoms with E-state index in [2.05, 4.69) is 10.6 Å². The lowest BCUT2D eigenvalue weighted by Gasteiger charge is -2.09. The van der Waals surface area contributed by atoms with Gasteiger partial charge in [-0.2, -0.15) is 0 Å². The maximum atomic E-state index is 13.0. The van der Waals surface area contributed by atoms with E-state index >= 15 is 0 Å². The molecule has 0 atom stereocenters. The quantitative estimate of drug-likeness (QED) is 0.737. The molecule has 5 heteroatoms. The normalized spacial score (nSPS) is 10.3. The van der Waals surface area contributed by atoms with Crippen molar-refractivity contribution in [1.82, 2.24) is 5.32 Å². The van der Waals surface area contributed by atoms with Gasteiger partial charge in [-0.1, -0.05) is 6.07 Å². The van der Waals surface area contributed by atoms with E-state index < -0.39 is 0 Å². The van der Waals surface area contributed by atoms with Crippen molar-refractivity contribution in [2.24, 2.45) is 0 Å². The average Bonchev–Trinajstić information content (AvgIpc) is 2.29. The minimum absolute atomic E-state index is 0.180. The average molecular weight is 240 g/mol. The van der Waals surface area contributed by atoms with Gasteiger partial charge in [0.2, 0.25) is 5.91 Å². The number of hydrogen-bond donors (Lipinski definition) is 2. The summed E-state index contributed by atoms with van der Waals surface area (Å²) in [6.45, 7) is 3.14. The lowest BCUT2D eigenvalue weighted by Crippen LogP contribution is -2.30. The molecule has 0 unspecified atom stereocenters. The second-order valence-electron chi connectivity index (χ2n) is 3.68. The Kier molecular flexibility index (Phi) is 5.59. The van der Waals surface area contributed by atoms with Gasteiger partial charge in [-0.15, -0.1) is 0 Å². The zero-order chi connectivity index (χ0) is 12.7. The summed E-state index contributed by atoms with van der Waals surface area (Å²) >= 11 is 0. The van der Waals surface area contributed by atoms with Crippen molar-refractivity contribution in [2.75, 3.05) is 32.1 Å². The summed E-state index contributed by atoms with van der Waals surface area (Å²) in [7, 11) is 1.60. The summed E-state index contributed by atoms with van der Waals surface area (Å²) in [5, 5.41) is 5.56. The van der Waals surface area contributed by atoms with E-state index in [1.807, 2.05) is 6.92 Å². The van der Waals surface area contributed by atoms with Crippen molar-refractivity contribution in [3.05, 3.63) is 29.6 Å². The largest absolute Gasteiger partial charge is 0.383 e. The van der Waals surface area contributed by atoms with E-state index in [9.17, 15) is 9.18 Å². The lowest BCUT2D eigenvalue weighted by atomic mass is 10.2. The van der Waals surface area contributed by atoms with Crippen molar-refractivity contribution in [3.63, 3.8) is 0 Å². The van der Waals surface area contributed by atoms with Crippen LogP contribution in [0.5, 0.6) is 0 Å². The van der Waals surface area contributed by atoms with Gasteiger partial charge in [-0.3, -0.25) is 4.79 Å². The molecular formula is C12H17FN2O2. The first-order chi connectivity index (χ1) is 8.13. The minimum atomic E-state index is -0.363. The summed E-state index contributed by atoms with van der Waals surface area (Å²) in [4.78, 5) is 11.5. The van der Waals surface area contributed by atoms with Crippen LogP contribution in [0.2, 0.25) is 0 Å². The van der Waals surface area contributed by atoms with Crippen molar-refractivity contribution in [3.8, 4) is 0 Å². The van der Waals surface area contributed by atoms with Gasteiger partial charge in [0, 0.05) is 19.3 Å². The molecule has 0 spiro atoms. The summed E-state index contributed by atoms with van der Waals surface area (Å²) in [5.41, 5.74) is 1.33. The second kappa shape index (κ2) is 6.98. The molecule has 0 aliphatic heterocycles. The molecule has 0 fully saturated rings. The Morgan fingerprint density at radius 2 is 2.24 bits per heavy atom. The first-order valence-electron chi connectivity index (χ1n) is 5.39. The van der Waals surface area contributed by atoms with Crippen LogP contribution in [0.15, 0.2) is 18.2 Å². The minimum Gasteiger partial charge on any atom is -0.383 e. The van der Waals surface area contributed by atoms with Crippen LogP contribution in [0.4, 0.5) is 10.1 Å². The number of aryl methyl sites for hydroxylation is 1. The van der Waals surface area contributed by atoms with Crippen LogP contribution in [-0.4, -0.2) is 32.7 Å². The van der Waals surface area contributed by atoms with Crippen LogP contribution in [0.1, 0.15) is 5.56 Å². The number of halogens is 1. The van der Waals surface area contributed by atoms with Crippen LogP contribution < -0.4 is 10.6 Å². The second-order valence-corrected chi connectivity index (χ2v) is 3.68. The highest BCUT2D eigenvalue weighted by Gasteiger charge is 2.05. The fourth-order valence-corrected chi connectivity index (χ4v) is 1.30. The number of anilines is 1. The highest BCUT2D eigenvalue weighted by atomic mass is 19.1. The number of rotatable bonds is 6. The molecule has 0 saturated carbocycles. The number of carbonyl (C=O) groups is 1. The Morgan fingerprint density at radius 3 is 2.94 bits per heavy atom. The van der Waals surface area contributed by atoms with E-state index in [1.54, 1.807) is 13.2 Å². The predicted molar refractivity (Wildman–Crippen MR) is 64.5 cm³/mol. The molecule has 0 saturated heterocycles. The molecule has 0 aliphatic carbocycles. The molecule has 0 bridgehead atoms. The van der Waals surface area contributed by atoms with Gasteiger partial charge in [-0.05, 0) is 24.6 Å². The van der Waals surface area contributed by atoms with Crippen molar-refractivity contribution in [2.45, 2.75) is 6.92 Å². The molecule has 0 radical (unpaired) electrons. The zero-order valence-corrected chi connectivity index (χ0v) is 10.0. The van der Waals surface area contributed by atoms with Gasteiger partial charge in [0.15, 0.2) is 0 Å². The molecule has 4 nitrogen and oxygen atoms in total. The first kappa shape index (κ1) is 13.6. The molecule has 1 aromatic carbocycles. The van der Waals surface area contributed by atoms with Crippen molar-refractivity contribution >= 4 is 11.6 Å². The smallest absolute Gasteiger partial charge is 0.238 e. The maximum Gasteiger partial charge on any atom is 0.238 e. The molecular weight excluding hydrogens is 223 g/mol. The number of nitrogens with one attached hydrogen (secondary N) is 2. The van der Waals surface area contributed by atoms with E-state index in [0.717, 1.165) is 5.56 Å². The van der Waals surface area contributed by atoms with Crippen LogP contribution in [0.3, 0.4) is 0 Å². The van der Waals surface area contributed by atoms with Gasteiger partial charge >= 0.3 is 0 Å². The van der Waals surface area contributed by atoms with Gasteiger partial charge in [-0.25, -0.2) is 4.39 Å². The third-order valence-corrected chi connectivity index (χ3v) is 2.24. The summed E-state index contributed by atoms with van der Waals surface area (Å²) in [6, 6.07) is 4.30. The fraction of sp³-hybridized carbons (Fsp3) is 0.417. The third kappa shape index (κ3) is 4.93. The Hall–Kier alpha value is -1.46. The molecule has 1 aromatic rings. The van der Waals surface area contributed by atoms with Gasteiger partial charge in [0.25, 0.3) is 0 Å². The molecule has 94 valence electrons. The molecule has 2 N–H and O–H groups in total. The Balaban J connectivity index is 2.42. The number of benzene rings is 1. The molecule has 17 heavy (non-hydrogen) atoms. The van der Waals surface area contributed by atoms with Crippen molar-refractivity contribution in [1.29, 1.82) is 0 Å². The van der Waals surface area contributed by atoms with Crippen LogP contribution in [0, 0.1) is 12.7 Å². The van der Waals surface area contributed by atoms with Crippen LogP contribution in [0.25, 0.3) is 0 Å². The molecule has 1 rings (SSSR count). The lowest BCUT2D eigenvalue weighted by molar-refractivity contribution is -0.115. The van der Waals surface area contributed by atoms with Crippen LogP contribution in [-0.2, 0) is 9.53 Å². The zero-order valence-electron chi connectivity index (χ0n) is 10.0. The highest BCUT2D eigenvalue weighted by molar-refractivity contribution is 5.92. The number of ether oxygens (including phenoxy) is 1. The van der Waals surface area contributed by atoms with E-state index in [4.69, 9.17) is 4.74 Å². The third-order valence-electron chi connectivity index (χ3n) is 2.24. The van der Waals surface area contributed by atoms with Crippen LogP contribution >= 0.6 is 0 Å². The van der Waals surface area contributed by atoms with E-state index in [0.29, 0.717) is 18.8 Å². The maximum absolute atomic E-state index is 13.0. The summed E-state index contributed by atoms with van der Waals surface area (Å²) in [5.74, 6) is -0.562. The Bertz CT molecular complexity index is 383. The molecule has 0 aromatic heterocycles. The number of methoxy groups -OCH3 is 1. The fourth-order valence-electron chi connectivity index (χ4n) is 1.30.